The number of hydrogen-bond donors (Lipinski definition) is 1. The number of ether oxygens (including phenoxy) is 1. The molecule has 0 heterocycles. The maximum Gasteiger partial charge on any atom is 0.261 e. The number of carbonyl (C=O) groups is 1. The largest absolute Gasteiger partial charge is 0.481 e. The lowest BCUT2D eigenvalue weighted by Crippen LogP contribution is -2.46. The van der Waals surface area contributed by atoms with E-state index in [1.807, 2.05) is 20.8 Å². The Morgan fingerprint density at radius 1 is 1.39 bits per heavy atom. The molecule has 1 unspecified atom stereocenters. The Kier molecular flexibility index (Phi) is 4.33. The van der Waals surface area contributed by atoms with Crippen LogP contribution in [0.1, 0.15) is 33.3 Å². The lowest BCUT2D eigenvalue weighted by Gasteiger charge is -2.24. The Bertz CT molecular complexity index is 438. The molecule has 0 spiro atoms. The maximum atomic E-state index is 12.9. The van der Waals surface area contributed by atoms with E-state index in [9.17, 15) is 9.18 Å². The van der Waals surface area contributed by atoms with E-state index in [1.54, 1.807) is 13.8 Å². The molecular formula is C14H20FNO2. The van der Waals surface area contributed by atoms with Crippen molar-refractivity contribution in [2.45, 2.75) is 46.3 Å². The lowest BCUT2D eigenvalue weighted by molar-refractivity contribution is -0.128. The molecule has 0 bridgehead atoms. The van der Waals surface area contributed by atoms with E-state index in [2.05, 4.69) is 5.32 Å². The van der Waals surface area contributed by atoms with Gasteiger partial charge in [0.1, 0.15) is 11.6 Å². The van der Waals surface area contributed by atoms with E-state index in [-0.39, 0.29) is 17.3 Å². The number of nitrogens with one attached hydrogen (secondary N) is 1. The van der Waals surface area contributed by atoms with Crippen LogP contribution in [0.2, 0.25) is 0 Å². The molecule has 18 heavy (non-hydrogen) atoms. The summed E-state index contributed by atoms with van der Waals surface area (Å²) >= 11 is 0. The van der Waals surface area contributed by atoms with Crippen LogP contribution < -0.4 is 10.1 Å². The summed E-state index contributed by atoms with van der Waals surface area (Å²) in [6.45, 7) is 9.12. The molecule has 3 nitrogen and oxygen atoms in total. The minimum Gasteiger partial charge on any atom is -0.481 e. The number of halogens is 1. The van der Waals surface area contributed by atoms with Gasteiger partial charge in [-0.15, -0.1) is 0 Å². The van der Waals surface area contributed by atoms with Crippen LogP contribution >= 0.6 is 0 Å². The zero-order chi connectivity index (χ0) is 13.9. The topological polar surface area (TPSA) is 38.3 Å². The summed E-state index contributed by atoms with van der Waals surface area (Å²) in [6, 6.07) is 4.23. The zero-order valence-corrected chi connectivity index (χ0v) is 11.5. The molecule has 0 saturated heterocycles. The quantitative estimate of drug-likeness (QED) is 0.899. The molecule has 0 aliphatic carbocycles. The van der Waals surface area contributed by atoms with Crippen LogP contribution in [0.4, 0.5) is 4.39 Å². The van der Waals surface area contributed by atoms with E-state index in [1.165, 1.54) is 18.2 Å². The normalized spacial score (nSPS) is 13.0. The highest BCUT2D eigenvalue weighted by Crippen LogP contribution is 2.19. The predicted molar refractivity (Wildman–Crippen MR) is 69.1 cm³/mol. The van der Waals surface area contributed by atoms with Crippen LogP contribution in [0.25, 0.3) is 0 Å². The molecule has 100 valence electrons. The van der Waals surface area contributed by atoms with Gasteiger partial charge in [0, 0.05) is 5.54 Å². The first-order chi connectivity index (χ1) is 8.19. The van der Waals surface area contributed by atoms with Gasteiger partial charge in [-0.1, -0.05) is 0 Å². The third kappa shape index (κ3) is 4.35. The van der Waals surface area contributed by atoms with Gasteiger partial charge >= 0.3 is 0 Å². The van der Waals surface area contributed by atoms with E-state index < -0.39 is 6.10 Å². The van der Waals surface area contributed by atoms with Gasteiger partial charge in [-0.05, 0) is 58.4 Å². The van der Waals surface area contributed by atoms with Gasteiger partial charge in [0.15, 0.2) is 6.10 Å². The number of rotatable bonds is 3. The van der Waals surface area contributed by atoms with Gasteiger partial charge in [-0.25, -0.2) is 4.39 Å². The molecule has 1 rings (SSSR count). The van der Waals surface area contributed by atoms with Gasteiger partial charge in [0.2, 0.25) is 0 Å². The Balaban J connectivity index is 2.69. The minimum absolute atomic E-state index is 0.189. The second-order valence-electron chi connectivity index (χ2n) is 5.41. The van der Waals surface area contributed by atoms with E-state index in [4.69, 9.17) is 4.74 Å². The molecule has 4 heteroatoms. The molecule has 0 saturated carbocycles. The third-order valence-electron chi connectivity index (χ3n) is 2.31. The van der Waals surface area contributed by atoms with E-state index >= 15 is 0 Å². The molecule has 0 aromatic heterocycles. The summed E-state index contributed by atoms with van der Waals surface area (Å²) in [5.41, 5.74) is 0.373. The molecule has 0 fully saturated rings. The minimum atomic E-state index is -0.617. The van der Waals surface area contributed by atoms with Crippen molar-refractivity contribution in [1.82, 2.24) is 5.32 Å². The second-order valence-corrected chi connectivity index (χ2v) is 5.41. The fraction of sp³-hybridized carbons (Fsp3) is 0.500. The molecule has 1 atom stereocenters. The molecule has 0 aliphatic heterocycles. The third-order valence-corrected chi connectivity index (χ3v) is 2.31. The molecular weight excluding hydrogens is 233 g/mol. The van der Waals surface area contributed by atoms with Crippen molar-refractivity contribution in [2.24, 2.45) is 0 Å². The second kappa shape index (κ2) is 5.38. The summed E-state index contributed by atoms with van der Waals surface area (Å²) in [5.74, 6) is 0.0193. The Morgan fingerprint density at radius 2 is 2.00 bits per heavy atom. The van der Waals surface area contributed by atoms with E-state index in [0.717, 1.165) is 0 Å². The number of hydrogen-bond acceptors (Lipinski definition) is 2. The fourth-order valence-electron chi connectivity index (χ4n) is 1.46. The van der Waals surface area contributed by atoms with Crippen molar-refractivity contribution >= 4 is 5.91 Å². The molecule has 0 aliphatic rings. The number of aryl methyl sites for hydroxylation is 1. The van der Waals surface area contributed by atoms with Gasteiger partial charge in [-0.3, -0.25) is 4.79 Å². The van der Waals surface area contributed by atoms with Gasteiger partial charge in [-0.2, -0.15) is 0 Å². The van der Waals surface area contributed by atoms with Crippen LogP contribution in [0.5, 0.6) is 5.75 Å². The van der Waals surface area contributed by atoms with Gasteiger partial charge in [0.05, 0.1) is 0 Å². The first-order valence-electron chi connectivity index (χ1n) is 5.94. The molecule has 1 amide bonds. The van der Waals surface area contributed by atoms with Crippen LogP contribution in [-0.2, 0) is 4.79 Å². The Labute approximate surface area is 107 Å². The summed E-state index contributed by atoms with van der Waals surface area (Å²) in [7, 11) is 0. The lowest BCUT2D eigenvalue weighted by atomic mass is 10.1. The Hall–Kier alpha value is -1.58. The van der Waals surface area contributed by atoms with Crippen molar-refractivity contribution in [3.05, 3.63) is 29.6 Å². The average Bonchev–Trinajstić information content (AvgIpc) is 2.19. The van der Waals surface area contributed by atoms with Crippen molar-refractivity contribution in [3.63, 3.8) is 0 Å². The summed E-state index contributed by atoms with van der Waals surface area (Å²) in [6.07, 6.45) is -0.617. The van der Waals surface area contributed by atoms with Crippen molar-refractivity contribution in [3.8, 4) is 5.75 Å². The fourth-order valence-corrected chi connectivity index (χ4v) is 1.46. The summed E-state index contributed by atoms with van der Waals surface area (Å²) < 4.78 is 18.5. The van der Waals surface area contributed by atoms with Crippen LogP contribution in [0, 0.1) is 12.7 Å². The van der Waals surface area contributed by atoms with Crippen molar-refractivity contribution in [2.75, 3.05) is 0 Å². The molecule has 1 aromatic carbocycles. The van der Waals surface area contributed by atoms with Crippen molar-refractivity contribution < 1.29 is 13.9 Å². The number of benzene rings is 1. The van der Waals surface area contributed by atoms with Crippen LogP contribution in [-0.4, -0.2) is 17.6 Å². The van der Waals surface area contributed by atoms with Gasteiger partial charge in [0.25, 0.3) is 5.91 Å². The number of amides is 1. The molecule has 1 aromatic rings. The standard InChI is InChI=1S/C14H20FNO2/c1-9-8-11(15)6-7-12(9)18-10(2)13(17)16-14(3,4)5/h6-8,10H,1-5H3,(H,16,17). The molecule has 0 radical (unpaired) electrons. The highest BCUT2D eigenvalue weighted by atomic mass is 19.1. The van der Waals surface area contributed by atoms with Crippen molar-refractivity contribution in [1.29, 1.82) is 0 Å². The maximum absolute atomic E-state index is 12.9. The summed E-state index contributed by atoms with van der Waals surface area (Å²) in [5, 5.41) is 2.83. The van der Waals surface area contributed by atoms with Crippen LogP contribution in [0.3, 0.4) is 0 Å². The average molecular weight is 253 g/mol. The first-order valence-corrected chi connectivity index (χ1v) is 5.94. The van der Waals surface area contributed by atoms with Gasteiger partial charge < -0.3 is 10.1 Å². The monoisotopic (exact) mass is 253 g/mol. The zero-order valence-electron chi connectivity index (χ0n) is 11.5. The van der Waals surface area contributed by atoms with E-state index in [0.29, 0.717) is 11.3 Å². The SMILES string of the molecule is Cc1cc(F)ccc1OC(C)C(=O)NC(C)(C)C. The van der Waals surface area contributed by atoms with Crippen LogP contribution in [0.15, 0.2) is 18.2 Å². The Morgan fingerprint density at radius 3 is 2.50 bits per heavy atom. The smallest absolute Gasteiger partial charge is 0.261 e. The molecule has 1 N–H and O–H groups in total. The predicted octanol–water partition coefficient (Wildman–Crippen LogP) is 2.82. The first kappa shape index (κ1) is 14.5. The highest BCUT2D eigenvalue weighted by Gasteiger charge is 2.20. The highest BCUT2D eigenvalue weighted by molar-refractivity contribution is 5.81. The summed E-state index contributed by atoms with van der Waals surface area (Å²) in [4.78, 5) is 11.8. The number of carbonyl (C=O) groups excluding carboxylic acids is 1.